The van der Waals surface area contributed by atoms with Gasteiger partial charge in [0.1, 0.15) is 11.4 Å². The highest BCUT2D eigenvalue weighted by molar-refractivity contribution is 5.94. The fraction of sp³-hybridized carbons (Fsp3) is 0.500. The molecule has 1 aliphatic carbocycles. The molecule has 1 heterocycles. The molecule has 0 spiro atoms. The van der Waals surface area contributed by atoms with Crippen molar-refractivity contribution in [2.24, 2.45) is 11.8 Å². The van der Waals surface area contributed by atoms with Crippen LogP contribution in [0.1, 0.15) is 29.6 Å². The third kappa shape index (κ3) is 1.76. The molecule has 1 aromatic carbocycles. The molecule has 2 aliphatic rings. The molecule has 96 valence electrons. The van der Waals surface area contributed by atoms with Gasteiger partial charge in [-0.15, -0.1) is 0 Å². The number of rotatable bonds is 2. The summed E-state index contributed by atoms with van der Waals surface area (Å²) in [5.41, 5.74) is 0.356. The van der Waals surface area contributed by atoms with Crippen molar-refractivity contribution >= 4 is 11.7 Å². The highest BCUT2D eigenvalue weighted by atomic mass is 19.1. The number of carboxylic acids is 1. The van der Waals surface area contributed by atoms with Gasteiger partial charge >= 0.3 is 5.97 Å². The second kappa shape index (κ2) is 4.26. The smallest absolute Gasteiger partial charge is 0.340 e. The van der Waals surface area contributed by atoms with E-state index < -0.39 is 11.8 Å². The van der Waals surface area contributed by atoms with Crippen LogP contribution in [0.25, 0.3) is 0 Å². The monoisotopic (exact) mass is 249 g/mol. The van der Waals surface area contributed by atoms with E-state index in [9.17, 15) is 9.18 Å². The van der Waals surface area contributed by atoms with Gasteiger partial charge < -0.3 is 10.0 Å². The zero-order valence-corrected chi connectivity index (χ0v) is 10.1. The Labute approximate surface area is 105 Å². The van der Waals surface area contributed by atoms with Crippen LogP contribution in [-0.4, -0.2) is 24.2 Å². The lowest BCUT2D eigenvalue weighted by molar-refractivity contribution is 0.0692. The molecule has 1 aromatic rings. The maximum Gasteiger partial charge on any atom is 0.340 e. The van der Waals surface area contributed by atoms with Gasteiger partial charge in [-0.25, -0.2) is 9.18 Å². The van der Waals surface area contributed by atoms with Gasteiger partial charge in [0, 0.05) is 13.1 Å². The maximum atomic E-state index is 13.6. The van der Waals surface area contributed by atoms with Gasteiger partial charge in [0.15, 0.2) is 0 Å². The molecule has 2 atom stereocenters. The molecule has 1 N–H and O–H groups in total. The number of carboxylic acid groups (broad SMARTS) is 1. The van der Waals surface area contributed by atoms with Gasteiger partial charge in [0.05, 0.1) is 5.69 Å². The number of fused-ring (bicyclic) bond motifs is 1. The first-order chi connectivity index (χ1) is 8.66. The molecule has 2 unspecified atom stereocenters. The van der Waals surface area contributed by atoms with Gasteiger partial charge in [-0.2, -0.15) is 0 Å². The molecule has 2 fully saturated rings. The Kier molecular flexibility index (Phi) is 2.73. The number of benzene rings is 1. The molecule has 1 aliphatic heterocycles. The summed E-state index contributed by atoms with van der Waals surface area (Å²) in [7, 11) is 0. The highest BCUT2D eigenvalue weighted by Gasteiger charge is 2.37. The number of carbonyl (C=O) groups is 1. The summed E-state index contributed by atoms with van der Waals surface area (Å²) in [5, 5.41) is 9.14. The Bertz CT molecular complexity index is 477. The van der Waals surface area contributed by atoms with Crippen LogP contribution in [-0.2, 0) is 0 Å². The molecule has 0 radical (unpaired) electrons. The Hall–Kier alpha value is -1.58. The maximum absolute atomic E-state index is 13.6. The lowest BCUT2D eigenvalue weighted by Crippen LogP contribution is -2.23. The normalized spacial score (nSPS) is 26.4. The van der Waals surface area contributed by atoms with Gasteiger partial charge in [0.2, 0.25) is 0 Å². The molecule has 1 saturated carbocycles. The zero-order valence-electron chi connectivity index (χ0n) is 10.1. The summed E-state index contributed by atoms with van der Waals surface area (Å²) in [6.07, 6.45) is 3.72. The van der Waals surface area contributed by atoms with E-state index in [0.717, 1.165) is 13.1 Å². The highest BCUT2D eigenvalue weighted by Crippen LogP contribution is 2.40. The SMILES string of the molecule is O=C(O)c1c(F)cccc1N1CC2CCCC2C1. The molecular weight excluding hydrogens is 233 g/mol. The second-order valence-electron chi connectivity index (χ2n) is 5.30. The molecular formula is C14H16FNO2. The Morgan fingerprint density at radius 1 is 1.28 bits per heavy atom. The van der Waals surface area contributed by atoms with E-state index >= 15 is 0 Å². The number of nitrogens with zero attached hydrogens (tertiary/aromatic N) is 1. The fourth-order valence-corrected chi connectivity index (χ4v) is 3.42. The van der Waals surface area contributed by atoms with Crippen molar-refractivity contribution in [2.75, 3.05) is 18.0 Å². The van der Waals surface area contributed by atoms with Crippen molar-refractivity contribution in [1.82, 2.24) is 0 Å². The summed E-state index contributed by atoms with van der Waals surface area (Å²) in [6.45, 7) is 1.74. The van der Waals surface area contributed by atoms with Crippen LogP contribution in [0, 0.1) is 17.7 Å². The summed E-state index contributed by atoms with van der Waals surface area (Å²) in [5.74, 6) is -0.498. The number of hydrogen-bond acceptors (Lipinski definition) is 2. The minimum atomic E-state index is -1.18. The molecule has 3 nitrogen and oxygen atoms in total. The predicted octanol–water partition coefficient (Wildman–Crippen LogP) is 2.76. The van der Waals surface area contributed by atoms with Crippen LogP contribution >= 0.6 is 0 Å². The molecule has 3 rings (SSSR count). The van der Waals surface area contributed by atoms with E-state index in [1.807, 2.05) is 4.90 Å². The van der Waals surface area contributed by atoms with Crippen molar-refractivity contribution in [1.29, 1.82) is 0 Å². The summed E-state index contributed by atoms with van der Waals surface area (Å²) in [6, 6.07) is 4.52. The molecule has 4 heteroatoms. The minimum absolute atomic E-state index is 0.183. The Balaban J connectivity index is 1.93. The molecule has 1 saturated heterocycles. The summed E-state index contributed by atoms with van der Waals surface area (Å²) < 4.78 is 13.6. The molecule has 0 amide bonds. The number of anilines is 1. The van der Waals surface area contributed by atoms with Crippen LogP contribution in [0.2, 0.25) is 0 Å². The molecule has 0 bridgehead atoms. The average molecular weight is 249 g/mol. The van der Waals surface area contributed by atoms with Crippen LogP contribution in [0.3, 0.4) is 0 Å². The van der Waals surface area contributed by atoms with Crippen LogP contribution in [0.5, 0.6) is 0 Å². The quantitative estimate of drug-likeness (QED) is 0.876. The molecule has 0 aromatic heterocycles. The van der Waals surface area contributed by atoms with E-state index in [-0.39, 0.29) is 5.56 Å². The lowest BCUT2D eigenvalue weighted by atomic mass is 10.0. The largest absolute Gasteiger partial charge is 0.478 e. The van der Waals surface area contributed by atoms with E-state index in [2.05, 4.69) is 0 Å². The zero-order chi connectivity index (χ0) is 12.7. The number of aromatic carboxylic acids is 1. The Morgan fingerprint density at radius 3 is 2.56 bits per heavy atom. The van der Waals surface area contributed by atoms with Crippen LogP contribution in [0.15, 0.2) is 18.2 Å². The fourth-order valence-electron chi connectivity index (χ4n) is 3.42. The van der Waals surface area contributed by atoms with E-state index in [4.69, 9.17) is 5.11 Å². The van der Waals surface area contributed by atoms with Crippen molar-refractivity contribution in [3.8, 4) is 0 Å². The van der Waals surface area contributed by atoms with Gasteiger partial charge in [0.25, 0.3) is 0 Å². The lowest BCUT2D eigenvalue weighted by Gasteiger charge is -2.21. The predicted molar refractivity (Wildman–Crippen MR) is 66.4 cm³/mol. The Morgan fingerprint density at radius 2 is 1.94 bits per heavy atom. The number of halogens is 1. The van der Waals surface area contributed by atoms with Gasteiger partial charge in [-0.3, -0.25) is 0 Å². The second-order valence-corrected chi connectivity index (χ2v) is 5.30. The third-order valence-electron chi connectivity index (χ3n) is 4.27. The van der Waals surface area contributed by atoms with E-state index in [1.54, 1.807) is 12.1 Å². The van der Waals surface area contributed by atoms with Crippen molar-refractivity contribution in [3.63, 3.8) is 0 Å². The first-order valence-electron chi connectivity index (χ1n) is 6.43. The van der Waals surface area contributed by atoms with Crippen molar-refractivity contribution in [3.05, 3.63) is 29.6 Å². The topological polar surface area (TPSA) is 40.5 Å². The van der Waals surface area contributed by atoms with Crippen molar-refractivity contribution in [2.45, 2.75) is 19.3 Å². The van der Waals surface area contributed by atoms with Crippen LogP contribution in [0.4, 0.5) is 10.1 Å². The van der Waals surface area contributed by atoms with Crippen molar-refractivity contribution < 1.29 is 14.3 Å². The van der Waals surface area contributed by atoms with Crippen LogP contribution < -0.4 is 4.90 Å². The third-order valence-corrected chi connectivity index (χ3v) is 4.27. The number of hydrogen-bond donors (Lipinski definition) is 1. The van der Waals surface area contributed by atoms with Gasteiger partial charge in [-0.05, 0) is 36.8 Å². The average Bonchev–Trinajstić information content (AvgIpc) is 2.87. The first kappa shape index (κ1) is 11.5. The van der Waals surface area contributed by atoms with Gasteiger partial charge in [-0.1, -0.05) is 12.5 Å². The minimum Gasteiger partial charge on any atom is -0.478 e. The standard InChI is InChI=1S/C14H16FNO2/c15-11-5-2-6-12(13(11)14(17)18)16-7-9-3-1-4-10(9)8-16/h2,5-6,9-10H,1,3-4,7-8H2,(H,17,18). The molecule has 18 heavy (non-hydrogen) atoms. The first-order valence-corrected chi connectivity index (χ1v) is 6.43. The summed E-state index contributed by atoms with van der Waals surface area (Å²) in [4.78, 5) is 13.2. The summed E-state index contributed by atoms with van der Waals surface area (Å²) >= 11 is 0. The van der Waals surface area contributed by atoms with E-state index in [0.29, 0.717) is 17.5 Å². The van der Waals surface area contributed by atoms with E-state index in [1.165, 1.54) is 25.3 Å².